The largest absolute Gasteiger partial charge is 0.261 e. The van der Waals surface area contributed by atoms with Gasteiger partial charge in [-0.1, -0.05) is 38.1 Å². The van der Waals surface area contributed by atoms with Crippen LogP contribution in [0.15, 0.2) is 30.5 Å². The summed E-state index contributed by atoms with van der Waals surface area (Å²) in [4.78, 5) is 4.31. The fraction of sp³-hybridized carbons (Fsp3) is 0.308. The molecule has 0 N–H and O–H groups in total. The molecule has 2 rings (SSSR count). The fourth-order valence-electron chi connectivity index (χ4n) is 1.41. The molecule has 0 saturated carbocycles. The molecule has 0 atom stereocenters. The molecule has 0 aliphatic heterocycles. The van der Waals surface area contributed by atoms with Gasteiger partial charge in [-0.15, -0.1) is 0 Å². The van der Waals surface area contributed by atoms with Crippen molar-refractivity contribution in [3.8, 4) is 0 Å². The van der Waals surface area contributed by atoms with Crippen molar-refractivity contribution in [2.45, 2.75) is 27.7 Å². The maximum atomic E-state index is 4.31. The summed E-state index contributed by atoms with van der Waals surface area (Å²) < 4.78 is 0. The normalized spacial score (nSPS) is 9.43. The van der Waals surface area contributed by atoms with Crippen LogP contribution in [0.2, 0.25) is 0 Å². The van der Waals surface area contributed by atoms with Gasteiger partial charge < -0.3 is 0 Å². The minimum atomic E-state index is 1.12. The first-order valence-corrected chi connectivity index (χ1v) is 5.10. The van der Waals surface area contributed by atoms with Gasteiger partial charge in [0.1, 0.15) is 0 Å². The van der Waals surface area contributed by atoms with Crippen molar-refractivity contribution in [2.24, 2.45) is 0 Å². The second kappa shape index (κ2) is 4.75. The highest BCUT2D eigenvalue weighted by molar-refractivity contribution is 5.85. The van der Waals surface area contributed by atoms with Crippen LogP contribution in [0, 0.1) is 13.8 Å². The average Bonchev–Trinajstić information content (AvgIpc) is 2.27. The van der Waals surface area contributed by atoms with Crippen molar-refractivity contribution >= 4 is 10.8 Å². The van der Waals surface area contributed by atoms with E-state index in [1.807, 2.05) is 33.0 Å². The van der Waals surface area contributed by atoms with E-state index in [1.165, 1.54) is 16.3 Å². The second-order valence-electron chi connectivity index (χ2n) is 3.06. The highest BCUT2D eigenvalue weighted by Crippen LogP contribution is 2.18. The van der Waals surface area contributed by atoms with Gasteiger partial charge in [0.25, 0.3) is 0 Å². The minimum absolute atomic E-state index is 1.12. The molecule has 2 aromatic rings. The Balaban J connectivity index is 0.000000461. The number of benzene rings is 1. The van der Waals surface area contributed by atoms with E-state index in [1.54, 1.807) is 0 Å². The molecule has 0 radical (unpaired) electrons. The summed E-state index contributed by atoms with van der Waals surface area (Å²) in [5.41, 5.74) is 2.40. The number of aromatic nitrogens is 1. The Hall–Kier alpha value is -1.37. The maximum absolute atomic E-state index is 4.31. The molecule has 0 spiro atoms. The Morgan fingerprint density at radius 3 is 2.36 bits per heavy atom. The molecular formula is C13H17N. The van der Waals surface area contributed by atoms with Gasteiger partial charge in [0, 0.05) is 17.3 Å². The van der Waals surface area contributed by atoms with Crippen LogP contribution in [0.1, 0.15) is 25.1 Å². The molecule has 0 aliphatic rings. The molecule has 1 aromatic carbocycles. The van der Waals surface area contributed by atoms with E-state index >= 15 is 0 Å². The quantitative estimate of drug-likeness (QED) is 0.610. The van der Waals surface area contributed by atoms with Gasteiger partial charge in [-0.2, -0.15) is 0 Å². The standard InChI is InChI=1S/C11H11N.C2H6/c1-8-9(2)12-7-10-5-3-4-6-11(8)10;1-2/h3-7H,1-2H3;1-2H3. The summed E-state index contributed by atoms with van der Waals surface area (Å²) in [6.07, 6.45) is 1.93. The molecule has 0 fully saturated rings. The van der Waals surface area contributed by atoms with Crippen LogP contribution in [0.4, 0.5) is 0 Å². The molecule has 14 heavy (non-hydrogen) atoms. The third-order valence-electron chi connectivity index (χ3n) is 2.30. The number of hydrogen-bond donors (Lipinski definition) is 0. The zero-order valence-corrected chi connectivity index (χ0v) is 9.33. The van der Waals surface area contributed by atoms with Crippen LogP contribution in [-0.4, -0.2) is 4.98 Å². The van der Waals surface area contributed by atoms with E-state index in [4.69, 9.17) is 0 Å². The van der Waals surface area contributed by atoms with Crippen molar-refractivity contribution in [2.75, 3.05) is 0 Å². The number of pyridine rings is 1. The van der Waals surface area contributed by atoms with E-state index in [0.29, 0.717) is 0 Å². The lowest BCUT2D eigenvalue weighted by molar-refractivity contribution is 1.18. The van der Waals surface area contributed by atoms with E-state index in [9.17, 15) is 0 Å². The lowest BCUT2D eigenvalue weighted by Crippen LogP contribution is -1.87. The van der Waals surface area contributed by atoms with E-state index in [0.717, 1.165) is 5.69 Å². The molecule has 1 heteroatoms. The summed E-state index contributed by atoms with van der Waals surface area (Å²) in [5, 5.41) is 2.53. The molecule has 1 aromatic heterocycles. The lowest BCUT2D eigenvalue weighted by atomic mass is 10.1. The predicted octanol–water partition coefficient (Wildman–Crippen LogP) is 3.88. The van der Waals surface area contributed by atoms with Gasteiger partial charge in [0.2, 0.25) is 0 Å². The Kier molecular flexibility index (Phi) is 3.63. The highest BCUT2D eigenvalue weighted by Gasteiger charge is 1.98. The van der Waals surface area contributed by atoms with Gasteiger partial charge in [-0.05, 0) is 24.8 Å². The third-order valence-corrected chi connectivity index (χ3v) is 2.30. The van der Waals surface area contributed by atoms with E-state index in [-0.39, 0.29) is 0 Å². The highest BCUT2D eigenvalue weighted by atomic mass is 14.7. The van der Waals surface area contributed by atoms with Crippen LogP contribution in [0.5, 0.6) is 0 Å². The van der Waals surface area contributed by atoms with E-state index < -0.39 is 0 Å². The van der Waals surface area contributed by atoms with Gasteiger partial charge >= 0.3 is 0 Å². The maximum Gasteiger partial charge on any atom is 0.0408 e. The average molecular weight is 187 g/mol. The van der Waals surface area contributed by atoms with Crippen LogP contribution < -0.4 is 0 Å². The molecule has 0 unspecified atom stereocenters. The minimum Gasteiger partial charge on any atom is -0.261 e. The van der Waals surface area contributed by atoms with Gasteiger partial charge in [0.05, 0.1) is 0 Å². The predicted molar refractivity (Wildman–Crippen MR) is 62.6 cm³/mol. The summed E-state index contributed by atoms with van der Waals surface area (Å²) in [6, 6.07) is 8.34. The molecular weight excluding hydrogens is 170 g/mol. The van der Waals surface area contributed by atoms with Crippen molar-refractivity contribution in [3.05, 3.63) is 41.7 Å². The summed E-state index contributed by atoms with van der Waals surface area (Å²) >= 11 is 0. The van der Waals surface area contributed by atoms with Gasteiger partial charge in [0.15, 0.2) is 0 Å². The molecule has 0 aliphatic carbocycles. The number of fused-ring (bicyclic) bond motifs is 1. The monoisotopic (exact) mass is 187 g/mol. The van der Waals surface area contributed by atoms with Gasteiger partial charge in [-0.25, -0.2) is 0 Å². The molecule has 0 bridgehead atoms. The Bertz CT molecular complexity index is 419. The van der Waals surface area contributed by atoms with Gasteiger partial charge in [-0.3, -0.25) is 4.98 Å². The van der Waals surface area contributed by atoms with Crippen LogP contribution in [0.25, 0.3) is 10.8 Å². The summed E-state index contributed by atoms with van der Waals surface area (Å²) in [6.45, 7) is 8.16. The molecule has 1 nitrogen and oxygen atoms in total. The first-order valence-electron chi connectivity index (χ1n) is 5.10. The summed E-state index contributed by atoms with van der Waals surface area (Å²) in [5.74, 6) is 0. The van der Waals surface area contributed by atoms with Crippen molar-refractivity contribution in [1.82, 2.24) is 4.98 Å². The molecule has 0 amide bonds. The van der Waals surface area contributed by atoms with E-state index in [2.05, 4.69) is 30.1 Å². The number of hydrogen-bond acceptors (Lipinski definition) is 1. The lowest BCUT2D eigenvalue weighted by Gasteiger charge is -2.03. The fourth-order valence-corrected chi connectivity index (χ4v) is 1.41. The van der Waals surface area contributed by atoms with Crippen molar-refractivity contribution < 1.29 is 0 Å². The SMILES string of the molecule is CC.Cc1ncc2ccccc2c1C. The number of nitrogens with zero attached hydrogens (tertiary/aromatic N) is 1. The first kappa shape index (κ1) is 10.7. The van der Waals surface area contributed by atoms with Crippen molar-refractivity contribution in [3.63, 3.8) is 0 Å². The molecule has 1 heterocycles. The van der Waals surface area contributed by atoms with Crippen LogP contribution >= 0.6 is 0 Å². The third kappa shape index (κ3) is 1.92. The first-order chi connectivity index (χ1) is 6.79. The number of aryl methyl sites for hydroxylation is 2. The Morgan fingerprint density at radius 2 is 1.64 bits per heavy atom. The van der Waals surface area contributed by atoms with Crippen LogP contribution in [0.3, 0.4) is 0 Å². The van der Waals surface area contributed by atoms with Crippen molar-refractivity contribution in [1.29, 1.82) is 0 Å². The molecule has 0 saturated heterocycles. The zero-order valence-electron chi connectivity index (χ0n) is 9.33. The number of rotatable bonds is 0. The topological polar surface area (TPSA) is 12.9 Å². The zero-order chi connectivity index (χ0) is 10.6. The van der Waals surface area contributed by atoms with Crippen LogP contribution in [-0.2, 0) is 0 Å². The Labute approximate surface area is 85.8 Å². The molecule has 74 valence electrons. The Morgan fingerprint density at radius 1 is 1.00 bits per heavy atom. The summed E-state index contributed by atoms with van der Waals surface area (Å²) in [7, 11) is 0. The smallest absolute Gasteiger partial charge is 0.0408 e. The second-order valence-corrected chi connectivity index (χ2v) is 3.06.